The molecular formula is C9H12N2O2. The summed E-state index contributed by atoms with van der Waals surface area (Å²) in [6.45, 7) is 2.17. The predicted octanol–water partition coefficient (Wildman–Crippen LogP) is 1.21. The Labute approximate surface area is 76.6 Å². The van der Waals surface area contributed by atoms with Gasteiger partial charge in [0.1, 0.15) is 6.26 Å². The third kappa shape index (κ3) is 4.10. The maximum absolute atomic E-state index is 10.5. The van der Waals surface area contributed by atoms with Crippen LogP contribution in [0.4, 0.5) is 0 Å². The summed E-state index contributed by atoms with van der Waals surface area (Å²) in [5.41, 5.74) is 0.933. The van der Waals surface area contributed by atoms with E-state index in [1.54, 1.807) is 12.5 Å². The zero-order chi connectivity index (χ0) is 9.52. The van der Waals surface area contributed by atoms with Gasteiger partial charge >= 0.3 is 0 Å². The van der Waals surface area contributed by atoms with Gasteiger partial charge in [0.2, 0.25) is 5.91 Å². The average molecular weight is 180 g/mol. The molecule has 0 aromatic carbocycles. The van der Waals surface area contributed by atoms with Crippen molar-refractivity contribution in [2.24, 2.45) is 0 Å². The number of hydrogen-bond donors (Lipinski definition) is 1. The van der Waals surface area contributed by atoms with Crippen molar-refractivity contribution >= 4 is 12.0 Å². The summed E-state index contributed by atoms with van der Waals surface area (Å²) in [5, 5.41) is 6.25. The Kier molecular flexibility index (Phi) is 3.75. The fraction of sp³-hybridized carbons (Fsp3) is 0.333. The van der Waals surface area contributed by atoms with Crippen LogP contribution in [0.25, 0.3) is 6.08 Å². The minimum absolute atomic E-state index is 0.00150. The van der Waals surface area contributed by atoms with E-state index in [0.717, 1.165) is 12.0 Å². The monoisotopic (exact) mass is 180 g/mol. The lowest BCUT2D eigenvalue weighted by Gasteiger charge is -1.95. The van der Waals surface area contributed by atoms with Crippen LogP contribution in [0.15, 0.2) is 23.1 Å². The first-order valence-electron chi connectivity index (χ1n) is 4.09. The quantitative estimate of drug-likeness (QED) is 0.708. The lowest BCUT2D eigenvalue weighted by atomic mass is 10.3. The third-order valence-electron chi connectivity index (χ3n) is 1.45. The molecular weight excluding hydrogens is 168 g/mol. The number of hydrogen-bond acceptors (Lipinski definition) is 3. The van der Waals surface area contributed by atoms with Crippen molar-refractivity contribution in [3.8, 4) is 0 Å². The Bertz CT molecular complexity index is 278. The first kappa shape index (κ1) is 9.51. The molecule has 1 aromatic heterocycles. The lowest BCUT2D eigenvalue weighted by molar-refractivity contribution is -0.118. The minimum atomic E-state index is -0.00150. The molecule has 70 valence electrons. The van der Waals surface area contributed by atoms with Crippen molar-refractivity contribution < 1.29 is 9.32 Å². The summed E-state index contributed by atoms with van der Waals surface area (Å²) in [6.07, 6.45) is 7.87. The average Bonchev–Trinajstić information content (AvgIpc) is 2.55. The van der Waals surface area contributed by atoms with Crippen molar-refractivity contribution in [3.05, 3.63) is 24.1 Å². The summed E-state index contributed by atoms with van der Waals surface area (Å²) in [5.74, 6) is -0.00150. The van der Waals surface area contributed by atoms with Crippen LogP contribution in [0, 0.1) is 0 Å². The number of nitrogens with zero attached hydrogens (tertiary/aromatic N) is 1. The molecule has 1 rings (SSSR count). The van der Waals surface area contributed by atoms with Crippen molar-refractivity contribution in [2.75, 3.05) is 6.54 Å². The van der Waals surface area contributed by atoms with E-state index in [1.807, 2.05) is 12.2 Å². The highest BCUT2D eigenvalue weighted by Gasteiger charge is 1.89. The number of carbonyl (C=O) groups excluding carboxylic acids is 1. The topological polar surface area (TPSA) is 55.1 Å². The van der Waals surface area contributed by atoms with Gasteiger partial charge in [0, 0.05) is 19.0 Å². The molecule has 0 bridgehead atoms. The van der Waals surface area contributed by atoms with E-state index in [4.69, 9.17) is 0 Å². The van der Waals surface area contributed by atoms with Gasteiger partial charge in [0.25, 0.3) is 0 Å². The molecule has 1 N–H and O–H groups in total. The highest BCUT2D eigenvalue weighted by Crippen LogP contribution is 1.99. The van der Waals surface area contributed by atoms with Gasteiger partial charge in [-0.25, -0.2) is 0 Å². The van der Waals surface area contributed by atoms with Crippen molar-refractivity contribution in [3.63, 3.8) is 0 Å². The largest absolute Gasteiger partial charge is 0.364 e. The number of aromatic nitrogens is 1. The molecule has 1 aromatic rings. The van der Waals surface area contributed by atoms with Crippen LogP contribution in [0.3, 0.4) is 0 Å². The summed E-state index contributed by atoms with van der Waals surface area (Å²) in [7, 11) is 0. The van der Waals surface area contributed by atoms with Crippen LogP contribution in [0.1, 0.15) is 18.9 Å². The first-order chi connectivity index (χ1) is 6.29. The molecule has 4 heteroatoms. The number of carbonyl (C=O) groups is 1. The van der Waals surface area contributed by atoms with Crippen LogP contribution < -0.4 is 5.32 Å². The molecule has 13 heavy (non-hydrogen) atoms. The van der Waals surface area contributed by atoms with Crippen molar-refractivity contribution in [1.82, 2.24) is 10.5 Å². The van der Waals surface area contributed by atoms with Gasteiger partial charge in [-0.3, -0.25) is 4.79 Å². The molecule has 0 spiro atoms. The van der Waals surface area contributed by atoms with Crippen molar-refractivity contribution in [1.29, 1.82) is 0 Å². The molecule has 0 unspecified atom stereocenters. The zero-order valence-electron chi connectivity index (χ0n) is 7.49. The highest BCUT2D eigenvalue weighted by atomic mass is 16.5. The Hall–Kier alpha value is -1.58. The Morgan fingerprint density at radius 1 is 1.77 bits per heavy atom. The normalized spacial score (nSPS) is 10.5. The van der Waals surface area contributed by atoms with E-state index >= 15 is 0 Å². The van der Waals surface area contributed by atoms with E-state index in [9.17, 15) is 4.79 Å². The molecule has 0 aliphatic rings. The van der Waals surface area contributed by atoms with E-state index in [2.05, 4.69) is 15.0 Å². The van der Waals surface area contributed by atoms with E-state index < -0.39 is 0 Å². The Morgan fingerprint density at radius 3 is 3.23 bits per heavy atom. The molecule has 0 aliphatic carbocycles. The van der Waals surface area contributed by atoms with Gasteiger partial charge in [0.15, 0.2) is 0 Å². The van der Waals surface area contributed by atoms with Crippen LogP contribution >= 0.6 is 0 Å². The summed E-state index contributed by atoms with van der Waals surface area (Å²) < 4.78 is 4.64. The molecule has 0 aliphatic heterocycles. The van der Waals surface area contributed by atoms with E-state index in [0.29, 0.717) is 6.54 Å². The molecule has 1 heterocycles. The summed E-state index contributed by atoms with van der Waals surface area (Å²) in [6, 6.07) is 0. The second-order valence-electron chi connectivity index (χ2n) is 2.63. The molecule has 0 radical (unpaired) electrons. The summed E-state index contributed by atoms with van der Waals surface area (Å²) >= 11 is 0. The van der Waals surface area contributed by atoms with Gasteiger partial charge in [-0.2, -0.15) is 0 Å². The molecule has 4 nitrogen and oxygen atoms in total. The second kappa shape index (κ2) is 5.13. The van der Waals surface area contributed by atoms with Gasteiger partial charge in [-0.05, 0) is 6.42 Å². The predicted molar refractivity (Wildman–Crippen MR) is 48.8 cm³/mol. The Morgan fingerprint density at radius 2 is 2.62 bits per heavy atom. The fourth-order valence-electron chi connectivity index (χ4n) is 0.846. The highest BCUT2D eigenvalue weighted by molar-refractivity contribution is 5.72. The fourth-order valence-corrected chi connectivity index (χ4v) is 0.846. The van der Waals surface area contributed by atoms with E-state index in [-0.39, 0.29) is 5.91 Å². The van der Waals surface area contributed by atoms with Crippen LogP contribution in [0.2, 0.25) is 0 Å². The van der Waals surface area contributed by atoms with Crippen LogP contribution in [0.5, 0.6) is 0 Å². The van der Waals surface area contributed by atoms with Gasteiger partial charge in [-0.15, -0.1) is 0 Å². The first-order valence-corrected chi connectivity index (χ1v) is 4.09. The summed E-state index contributed by atoms with van der Waals surface area (Å²) in [4.78, 5) is 10.5. The molecule has 0 atom stereocenters. The van der Waals surface area contributed by atoms with Gasteiger partial charge in [0.05, 0.1) is 6.20 Å². The number of nitrogens with one attached hydrogen (secondary N) is 1. The molecule has 0 saturated heterocycles. The van der Waals surface area contributed by atoms with E-state index in [1.165, 1.54) is 6.92 Å². The molecule has 1 amide bonds. The maximum Gasteiger partial charge on any atom is 0.216 e. The SMILES string of the molecule is CC(=O)NCCC=Cc1cnoc1. The minimum Gasteiger partial charge on any atom is -0.364 e. The van der Waals surface area contributed by atoms with Gasteiger partial charge in [-0.1, -0.05) is 17.3 Å². The number of amides is 1. The van der Waals surface area contributed by atoms with Gasteiger partial charge < -0.3 is 9.84 Å². The van der Waals surface area contributed by atoms with Crippen LogP contribution in [-0.2, 0) is 4.79 Å². The smallest absolute Gasteiger partial charge is 0.216 e. The maximum atomic E-state index is 10.5. The zero-order valence-corrected chi connectivity index (χ0v) is 7.49. The molecule has 0 fully saturated rings. The second-order valence-corrected chi connectivity index (χ2v) is 2.63. The number of rotatable bonds is 4. The van der Waals surface area contributed by atoms with Crippen LogP contribution in [-0.4, -0.2) is 17.6 Å². The van der Waals surface area contributed by atoms with Crippen molar-refractivity contribution in [2.45, 2.75) is 13.3 Å². The third-order valence-corrected chi connectivity index (χ3v) is 1.45. The Balaban J connectivity index is 2.16. The standard InChI is InChI=1S/C9H12N2O2/c1-8(12)10-5-3-2-4-9-6-11-13-7-9/h2,4,6-7H,3,5H2,1H3,(H,10,12). The lowest BCUT2D eigenvalue weighted by Crippen LogP contribution is -2.20. The molecule has 0 saturated carbocycles.